The Morgan fingerprint density at radius 1 is 1.16 bits per heavy atom. The van der Waals surface area contributed by atoms with Crippen molar-refractivity contribution in [1.82, 2.24) is 0 Å². The highest BCUT2D eigenvalue weighted by Gasteiger charge is 2.10. The highest BCUT2D eigenvalue weighted by molar-refractivity contribution is 9.10. The van der Waals surface area contributed by atoms with Gasteiger partial charge in [-0.1, -0.05) is 23.2 Å². The van der Waals surface area contributed by atoms with Crippen LogP contribution in [0.1, 0.15) is 10.4 Å². The SMILES string of the molecule is Nc1cc(C(=O)Nc2ccc(Cl)cc2Br)ccc1Cl. The summed E-state index contributed by atoms with van der Waals surface area (Å²) in [6.45, 7) is 0. The zero-order valence-corrected chi connectivity index (χ0v) is 12.7. The van der Waals surface area contributed by atoms with Crippen LogP contribution in [0.25, 0.3) is 0 Å². The molecule has 0 saturated carbocycles. The average molecular weight is 360 g/mol. The van der Waals surface area contributed by atoms with E-state index >= 15 is 0 Å². The van der Waals surface area contributed by atoms with E-state index in [1.165, 1.54) is 6.07 Å². The van der Waals surface area contributed by atoms with Gasteiger partial charge in [-0.25, -0.2) is 0 Å². The van der Waals surface area contributed by atoms with Crippen LogP contribution < -0.4 is 11.1 Å². The lowest BCUT2D eigenvalue weighted by Crippen LogP contribution is -2.12. The number of nitrogens with two attached hydrogens (primary N) is 1. The van der Waals surface area contributed by atoms with E-state index in [2.05, 4.69) is 21.2 Å². The monoisotopic (exact) mass is 358 g/mol. The lowest BCUT2D eigenvalue weighted by atomic mass is 10.2. The van der Waals surface area contributed by atoms with E-state index in [9.17, 15) is 4.79 Å². The topological polar surface area (TPSA) is 55.1 Å². The molecule has 0 unspecified atom stereocenters. The Labute approximate surface area is 128 Å². The number of rotatable bonds is 2. The van der Waals surface area contributed by atoms with Gasteiger partial charge >= 0.3 is 0 Å². The molecule has 1 amide bonds. The number of hydrogen-bond donors (Lipinski definition) is 2. The van der Waals surface area contributed by atoms with E-state index in [-0.39, 0.29) is 5.91 Å². The van der Waals surface area contributed by atoms with E-state index < -0.39 is 0 Å². The van der Waals surface area contributed by atoms with Crippen molar-refractivity contribution in [2.75, 3.05) is 11.1 Å². The summed E-state index contributed by atoms with van der Waals surface area (Å²) in [5.41, 5.74) is 7.09. The van der Waals surface area contributed by atoms with Crippen LogP contribution in [0.3, 0.4) is 0 Å². The zero-order chi connectivity index (χ0) is 14.0. The molecule has 3 nitrogen and oxygen atoms in total. The van der Waals surface area contributed by atoms with Gasteiger partial charge in [-0.05, 0) is 52.3 Å². The summed E-state index contributed by atoms with van der Waals surface area (Å²) in [5, 5.41) is 3.76. The smallest absolute Gasteiger partial charge is 0.255 e. The zero-order valence-electron chi connectivity index (χ0n) is 9.58. The third-order valence-electron chi connectivity index (χ3n) is 2.44. The molecule has 0 fully saturated rings. The van der Waals surface area contributed by atoms with Gasteiger partial charge in [0, 0.05) is 15.1 Å². The predicted molar refractivity (Wildman–Crippen MR) is 83.0 cm³/mol. The fourth-order valence-electron chi connectivity index (χ4n) is 1.47. The van der Waals surface area contributed by atoms with Crippen molar-refractivity contribution in [3.8, 4) is 0 Å². The Bertz CT molecular complexity index is 647. The number of amides is 1. The quantitative estimate of drug-likeness (QED) is 0.770. The van der Waals surface area contributed by atoms with Gasteiger partial charge in [-0.3, -0.25) is 4.79 Å². The van der Waals surface area contributed by atoms with Crippen LogP contribution in [0, 0.1) is 0 Å². The first-order chi connectivity index (χ1) is 8.97. The van der Waals surface area contributed by atoms with E-state index in [1.807, 2.05) is 0 Å². The second-order valence-corrected chi connectivity index (χ2v) is 5.51. The minimum atomic E-state index is -0.272. The van der Waals surface area contributed by atoms with E-state index in [1.54, 1.807) is 30.3 Å². The maximum Gasteiger partial charge on any atom is 0.255 e. The molecule has 3 N–H and O–H groups in total. The highest BCUT2D eigenvalue weighted by Crippen LogP contribution is 2.27. The van der Waals surface area contributed by atoms with Gasteiger partial charge in [0.05, 0.1) is 16.4 Å². The summed E-state index contributed by atoms with van der Waals surface area (Å²) < 4.78 is 0.704. The van der Waals surface area contributed by atoms with E-state index in [0.29, 0.717) is 31.5 Å². The molecule has 0 saturated heterocycles. The van der Waals surface area contributed by atoms with Crippen molar-refractivity contribution >= 4 is 56.4 Å². The predicted octanol–water partition coefficient (Wildman–Crippen LogP) is 4.59. The molecule has 2 rings (SSSR count). The standard InChI is InChI=1S/C13H9BrCl2N2O/c14-9-6-8(15)2-4-12(9)18-13(19)7-1-3-10(16)11(17)5-7/h1-6H,17H2,(H,18,19). The summed E-state index contributed by atoms with van der Waals surface area (Å²) >= 11 is 15.0. The van der Waals surface area contributed by atoms with Crippen molar-refractivity contribution in [1.29, 1.82) is 0 Å². The summed E-state index contributed by atoms with van der Waals surface area (Å²) in [7, 11) is 0. The largest absolute Gasteiger partial charge is 0.398 e. The number of nitrogens with one attached hydrogen (secondary N) is 1. The van der Waals surface area contributed by atoms with Crippen LogP contribution in [0.2, 0.25) is 10.0 Å². The lowest BCUT2D eigenvalue weighted by Gasteiger charge is -2.08. The van der Waals surface area contributed by atoms with Crippen LogP contribution in [-0.2, 0) is 0 Å². The molecular formula is C13H9BrCl2N2O. The van der Waals surface area contributed by atoms with Crippen molar-refractivity contribution in [3.05, 3.63) is 56.5 Å². The van der Waals surface area contributed by atoms with Gasteiger partial charge in [-0.2, -0.15) is 0 Å². The molecule has 0 bridgehead atoms. The summed E-state index contributed by atoms with van der Waals surface area (Å²) in [5.74, 6) is -0.272. The first kappa shape index (κ1) is 14.2. The van der Waals surface area contributed by atoms with Gasteiger partial charge in [0.1, 0.15) is 0 Å². The number of carbonyl (C=O) groups excluding carboxylic acids is 1. The van der Waals surface area contributed by atoms with Crippen molar-refractivity contribution in [3.63, 3.8) is 0 Å². The maximum atomic E-state index is 12.1. The highest BCUT2D eigenvalue weighted by atomic mass is 79.9. The minimum absolute atomic E-state index is 0.272. The minimum Gasteiger partial charge on any atom is -0.398 e. The Morgan fingerprint density at radius 3 is 2.53 bits per heavy atom. The molecule has 0 heterocycles. The molecule has 0 aliphatic carbocycles. The molecule has 0 atom stereocenters. The lowest BCUT2D eigenvalue weighted by molar-refractivity contribution is 0.102. The molecule has 0 aromatic heterocycles. The molecule has 2 aromatic rings. The van der Waals surface area contributed by atoms with Crippen LogP contribution >= 0.6 is 39.1 Å². The van der Waals surface area contributed by atoms with Crippen molar-refractivity contribution < 1.29 is 4.79 Å². The fraction of sp³-hybridized carbons (Fsp3) is 0. The molecule has 0 aliphatic rings. The number of benzene rings is 2. The van der Waals surface area contributed by atoms with Gasteiger partial charge in [0.15, 0.2) is 0 Å². The van der Waals surface area contributed by atoms with Crippen LogP contribution in [-0.4, -0.2) is 5.91 Å². The Hall–Kier alpha value is -1.23. The molecule has 6 heteroatoms. The van der Waals surface area contributed by atoms with Gasteiger partial charge in [-0.15, -0.1) is 0 Å². The van der Waals surface area contributed by atoms with Crippen LogP contribution in [0.5, 0.6) is 0 Å². The van der Waals surface area contributed by atoms with Crippen LogP contribution in [0.15, 0.2) is 40.9 Å². The van der Waals surface area contributed by atoms with Crippen molar-refractivity contribution in [2.24, 2.45) is 0 Å². The first-order valence-electron chi connectivity index (χ1n) is 5.29. The average Bonchev–Trinajstić information content (AvgIpc) is 2.36. The van der Waals surface area contributed by atoms with Gasteiger partial charge in [0.2, 0.25) is 0 Å². The molecule has 0 aliphatic heterocycles. The first-order valence-corrected chi connectivity index (χ1v) is 6.83. The molecule has 2 aromatic carbocycles. The van der Waals surface area contributed by atoms with E-state index in [0.717, 1.165) is 0 Å². The van der Waals surface area contributed by atoms with Crippen LogP contribution in [0.4, 0.5) is 11.4 Å². The number of hydrogen-bond acceptors (Lipinski definition) is 2. The molecular weight excluding hydrogens is 351 g/mol. The molecule has 98 valence electrons. The number of nitrogen functional groups attached to an aromatic ring is 1. The van der Waals surface area contributed by atoms with Gasteiger partial charge in [0.25, 0.3) is 5.91 Å². The molecule has 0 radical (unpaired) electrons. The second kappa shape index (κ2) is 5.82. The third kappa shape index (κ3) is 3.41. The maximum absolute atomic E-state index is 12.1. The third-order valence-corrected chi connectivity index (χ3v) is 3.67. The van der Waals surface area contributed by atoms with Gasteiger partial charge < -0.3 is 11.1 Å². The van der Waals surface area contributed by atoms with Crippen molar-refractivity contribution in [2.45, 2.75) is 0 Å². The fourth-order valence-corrected chi connectivity index (χ4v) is 2.37. The Balaban J connectivity index is 2.23. The Morgan fingerprint density at radius 2 is 1.89 bits per heavy atom. The summed E-state index contributed by atoms with van der Waals surface area (Å²) in [4.78, 5) is 12.1. The summed E-state index contributed by atoms with van der Waals surface area (Å²) in [6.07, 6.45) is 0. The number of anilines is 2. The normalized spacial score (nSPS) is 10.3. The Kier molecular flexibility index (Phi) is 4.34. The molecule has 0 spiro atoms. The van der Waals surface area contributed by atoms with E-state index in [4.69, 9.17) is 28.9 Å². The number of halogens is 3. The molecule has 19 heavy (non-hydrogen) atoms. The second-order valence-electron chi connectivity index (χ2n) is 3.81. The number of carbonyl (C=O) groups is 1. The summed E-state index contributed by atoms with van der Waals surface area (Å²) in [6, 6.07) is 9.83.